The third-order valence-corrected chi connectivity index (χ3v) is 12.9. The number of nitrogens with one attached hydrogen (secondary N) is 3. The summed E-state index contributed by atoms with van der Waals surface area (Å²) in [5, 5.41) is 22.8. The number of nitrogens with zero attached hydrogens (tertiary/aromatic N) is 3. The fourth-order valence-electron chi connectivity index (χ4n) is 10.1. The lowest BCUT2D eigenvalue weighted by Crippen LogP contribution is -2.80. The molecule has 49 heavy (non-hydrogen) atoms. The first-order valence-electron chi connectivity index (χ1n) is 19.0. The molecule has 7 aliphatic rings. The Hall–Kier alpha value is -1.90. The van der Waals surface area contributed by atoms with E-state index in [2.05, 4.69) is 41.3 Å². The van der Waals surface area contributed by atoms with Gasteiger partial charge in [-0.25, -0.2) is 13.6 Å². The molecule has 13 unspecified atom stereocenters. The Bertz CT molecular complexity index is 1210. The number of fused-ring (bicyclic) bond motifs is 5. The van der Waals surface area contributed by atoms with Crippen LogP contribution in [0, 0.1) is 29.6 Å². The summed E-state index contributed by atoms with van der Waals surface area (Å²) in [7, 11) is 0. The van der Waals surface area contributed by atoms with Crippen LogP contribution in [0.15, 0.2) is 12.7 Å². The number of carbonyl (C=O) groups excluding carboxylic acids is 2. The third-order valence-electron chi connectivity index (χ3n) is 12.9. The zero-order valence-electron chi connectivity index (χ0n) is 29.4. The number of aliphatic hydroxyl groups is 1. The molecule has 0 aromatic carbocycles. The van der Waals surface area contributed by atoms with Gasteiger partial charge in [0.05, 0.1) is 43.8 Å². The molecule has 0 aromatic rings. The van der Waals surface area contributed by atoms with Crippen LogP contribution in [0.2, 0.25) is 0 Å². The fourth-order valence-corrected chi connectivity index (χ4v) is 10.1. The Balaban J connectivity index is 1.28. The molecule has 11 nitrogen and oxygen atoms in total. The van der Waals surface area contributed by atoms with Crippen LogP contribution in [0.25, 0.3) is 0 Å². The van der Waals surface area contributed by atoms with E-state index >= 15 is 8.78 Å². The topological polar surface area (TPSA) is 119 Å². The van der Waals surface area contributed by atoms with E-state index in [1.807, 2.05) is 11.8 Å². The average Bonchev–Trinajstić information content (AvgIpc) is 3.91. The van der Waals surface area contributed by atoms with Crippen molar-refractivity contribution in [3.63, 3.8) is 0 Å². The van der Waals surface area contributed by atoms with Crippen LogP contribution in [0.4, 0.5) is 13.6 Å². The van der Waals surface area contributed by atoms with Gasteiger partial charge in [-0.1, -0.05) is 20.4 Å². The molecule has 2 aliphatic carbocycles. The maximum Gasteiger partial charge on any atom is 0.320 e. The molecule has 13 heteroatoms. The molecule has 0 radical (unpaired) electrons. The zero-order chi connectivity index (χ0) is 34.6. The van der Waals surface area contributed by atoms with E-state index in [1.165, 1.54) is 6.08 Å². The highest BCUT2D eigenvalue weighted by atomic mass is 19.1. The van der Waals surface area contributed by atoms with E-state index in [1.54, 1.807) is 4.90 Å². The average molecular weight is 693 g/mol. The van der Waals surface area contributed by atoms with Crippen LogP contribution < -0.4 is 16.0 Å². The molecule has 7 fully saturated rings. The molecule has 2 bridgehead atoms. The van der Waals surface area contributed by atoms with E-state index in [4.69, 9.17) is 9.47 Å². The lowest BCUT2D eigenvalue weighted by molar-refractivity contribution is -0.167. The second-order valence-corrected chi connectivity index (χ2v) is 16.3. The van der Waals surface area contributed by atoms with Gasteiger partial charge in [0.2, 0.25) is 5.91 Å². The number of rotatable bonds is 6. The molecule has 5 aliphatic heterocycles. The third kappa shape index (κ3) is 6.89. The SMILES string of the molecule is C=CC(=O)N1CCN(C2NC(=O)N3C4NC(C(F)CC42)C2C(F)CCCC2OCC(OCC2CC2)C(O)C2CCNC(C(C)C)C23)[C@@H](C)C1. The fraction of sp³-hybridized carbons (Fsp3) is 0.889. The lowest BCUT2D eigenvalue weighted by atomic mass is 9.71. The minimum Gasteiger partial charge on any atom is -0.390 e. The molecular formula is C36H58F2N6O5. The number of ether oxygens (including phenoxy) is 2. The van der Waals surface area contributed by atoms with Crippen molar-refractivity contribution in [2.75, 3.05) is 39.4 Å². The summed E-state index contributed by atoms with van der Waals surface area (Å²) in [4.78, 5) is 33.0. The van der Waals surface area contributed by atoms with Crippen molar-refractivity contribution < 1.29 is 33.0 Å². The quantitative estimate of drug-likeness (QED) is 0.314. The van der Waals surface area contributed by atoms with E-state index in [0.717, 1.165) is 12.8 Å². The number of alkyl halides is 2. The van der Waals surface area contributed by atoms with Gasteiger partial charge in [-0.3, -0.25) is 15.0 Å². The van der Waals surface area contributed by atoms with Crippen LogP contribution in [0.3, 0.4) is 0 Å². The molecule has 0 spiro atoms. The highest BCUT2D eigenvalue weighted by molar-refractivity contribution is 5.87. The number of hydrogen-bond acceptors (Lipinski definition) is 8. The number of piperidine rings is 2. The minimum atomic E-state index is -1.36. The standard InChI is InChI=1S/C36H58F2N6O5/c1-5-28(45)42-13-14-43(20(4)16-42)34-23-15-25(38)31-29-24(37)7-6-8-26(29)49-18-27(48-17-21-9-10-21)33(46)22-11-12-39-30(19(2)3)32(22)44(35(23)40-31)36(47)41-34/h5,19-27,29-35,39-40,46H,1,6-18H2,2-4H3,(H,41,47)/t20-,22?,23?,24?,25?,26?,27?,29?,30?,31?,32?,33?,34?,35?/m0/s1. The summed E-state index contributed by atoms with van der Waals surface area (Å²) in [5.74, 6) is -0.958. The number of urea groups is 1. The lowest BCUT2D eigenvalue weighted by Gasteiger charge is -2.60. The Morgan fingerprint density at radius 1 is 1.12 bits per heavy atom. The van der Waals surface area contributed by atoms with Crippen LogP contribution in [0.5, 0.6) is 0 Å². The smallest absolute Gasteiger partial charge is 0.320 e. The molecule has 2 saturated carbocycles. The van der Waals surface area contributed by atoms with E-state index in [0.29, 0.717) is 64.4 Å². The molecule has 0 aromatic heterocycles. The highest BCUT2D eigenvalue weighted by Gasteiger charge is 2.59. The maximum absolute atomic E-state index is 16.8. The summed E-state index contributed by atoms with van der Waals surface area (Å²) in [6.07, 6.45) is 0.119. The van der Waals surface area contributed by atoms with Crippen molar-refractivity contribution in [1.82, 2.24) is 30.7 Å². The van der Waals surface area contributed by atoms with Gasteiger partial charge in [0, 0.05) is 55.5 Å². The highest BCUT2D eigenvalue weighted by Crippen LogP contribution is 2.44. The number of carbonyl (C=O) groups is 2. The molecule has 7 rings (SSSR count). The summed E-state index contributed by atoms with van der Waals surface area (Å²) in [5.41, 5.74) is 0. The first-order chi connectivity index (χ1) is 23.6. The van der Waals surface area contributed by atoms with Crippen molar-refractivity contribution in [2.24, 2.45) is 29.6 Å². The van der Waals surface area contributed by atoms with Gasteiger partial charge in [-0.05, 0) is 76.3 Å². The van der Waals surface area contributed by atoms with E-state index in [-0.39, 0.29) is 54.8 Å². The van der Waals surface area contributed by atoms with Crippen LogP contribution in [0.1, 0.15) is 65.7 Å². The largest absolute Gasteiger partial charge is 0.390 e. The van der Waals surface area contributed by atoms with Gasteiger partial charge in [-0.15, -0.1) is 0 Å². The molecule has 14 atom stereocenters. The first-order valence-corrected chi connectivity index (χ1v) is 19.0. The summed E-state index contributed by atoms with van der Waals surface area (Å²) in [6.45, 7) is 12.7. The number of halogens is 2. The normalized spacial score (nSPS) is 45.0. The molecule has 5 heterocycles. The second kappa shape index (κ2) is 14.6. The van der Waals surface area contributed by atoms with Gasteiger partial charge in [0.1, 0.15) is 18.4 Å². The first kappa shape index (κ1) is 35.5. The van der Waals surface area contributed by atoms with Gasteiger partial charge in [0.25, 0.3) is 0 Å². The Morgan fingerprint density at radius 3 is 2.63 bits per heavy atom. The number of hydrogen-bond donors (Lipinski definition) is 4. The Kier molecular flexibility index (Phi) is 10.6. The summed E-state index contributed by atoms with van der Waals surface area (Å²) < 4.78 is 45.8. The zero-order valence-corrected chi connectivity index (χ0v) is 29.4. The molecule has 5 saturated heterocycles. The van der Waals surface area contributed by atoms with Crippen molar-refractivity contribution in [1.29, 1.82) is 0 Å². The van der Waals surface area contributed by atoms with Crippen LogP contribution in [-0.2, 0) is 14.3 Å². The number of aliphatic hydroxyl groups excluding tert-OH is 1. The number of amides is 3. The Morgan fingerprint density at radius 2 is 1.92 bits per heavy atom. The molecule has 276 valence electrons. The van der Waals surface area contributed by atoms with Crippen molar-refractivity contribution in [2.45, 2.75) is 133 Å². The van der Waals surface area contributed by atoms with Crippen molar-refractivity contribution in [3.8, 4) is 0 Å². The predicted octanol–water partition coefficient (Wildman–Crippen LogP) is 2.39. The van der Waals surface area contributed by atoms with Gasteiger partial charge >= 0.3 is 6.03 Å². The molecular weight excluding hydrogens is 634 g/mol. The Labute approximate surface area is 289 Å². The summed E-state index contributed by atoms with van der Waals surface area (Å²) in [6, 6.07) is -1.78. The predicted molar refractivity (Wildman–Crippen MR) is 180 cm³/mol. The van der Waals surface area contributed by atoms with E-state index < -0.39 is 61.0 Å². The van der Waals surface area contributed by atoms with Gasteiger partial charge < -0.3 is 35.0 Å². The van der Waals surface area contributed by atoms with Gasteiger partial charge in [-0.2, -0.15) is 0 Å². The van der Waals surface area contributed by atoms with Crippen LogP contribution >= 0.6 is 0 Å². The van der Waals surface area contributed by atoms with Crippen molar-refractivity contribution >= 4 is 11.9 Å². The monoisotopic (exact) mass is 692 g/mol. The number of piperazine rings is 1. The second-order valence-electron chi connectivity index (χ2n) is 16.3. The van der Waals surface area contributed by atoms with Gasteiger partial charge in [0.15, 0.2) is 0 Å². The maximum atomic E-state index is 16.8. The van der Waals surface area contributed by atoms with Crippen molar-refractivity contribution in [3.05, 3.63) is 12.7 Å². The minimum absolute atomic E-state index is 0.0958. The summed E-state index contributed by atoms with van der Waals surface area (Å²) >= 11 is 0. The molecule has 3 amide bonds. The molecule has 4 N–H and O–H groups in total. The van der Waals surface area contributed by atoms with E-state index in [9.17, 15) is 14.7 Å². The van der Waals surface area contributed by atoms with Crippen LogP contribution in [-0.4, -0.2) is 138 Å².